The molecule has 2 heterocycles. The maximum atomic E-state index is 13.0. The molecule has 3 nitrogen and oxygen atoms in total. The third kappa shape index (κ3) is 2.06. The minimum atomic E-state index is -0.0102. The van der Waals surface area contributed by atoms with E-state index in [1.165, 1.54) is 5.56 Å². The Balaban J connectivity index is 1.82. The van der Waals surface area contributed by atoms with Crippen molar-refractivity contribution in [3.8, 4) is 0 Å². The van der Waals surface area contributed by atoms with Crippen molar-refractivity contribution in [3.05, 3.63) is 72.1 Å². The van der Waals surface area contributed by atoms with Gasteiger partial charge in [0.25, 0.3) is 5.91 Å². The van der Waals surface area contributed by atoms with Crippen LogP contribution in [0.25, 0.3) is 10.8 Å². The van der Waals surface area contributed by atoms with Gasteiger partial charge in [0.15, 0.2) is 0 Å². The van der Waals surface area contributed by atoms with Crippen LogP contribution in [0.1, 0.15) is 22.5 Å². The Morgan fingerprint density at radius 3 is 2.77 bits per heavy atom. The van der Waals surface area contributed by atoms with Crippen molar-refractivity contribution in [2.45, 2.75) is 12.8 Å². The molecule has 1 amide bonds. The Bertz CT molecular complexity index is 851. The fourth-order valence-electron chi connectivity index (χ4n) is 3.16. The predicted molar refractivity (Wildman–Crippen MR) is 88.2 cm³/mol. The van der Waals surface area contributed by atoms with Crippen molar-refractivity contribution < 1.29 is 4.79 Å². The third-order valence-corrected chi connectivity index (χ3v) is 4.23. The van der Waals surface area contributed by atoms with Crippen LogP contribution < -0.4 is 4.90 Å². The molecule has 0 saturated heterocycles. The van der Waals surface area contributed by atoms with E-state index in [0.29, 0.717) is 5.69 Å². The van der Waals surface area contributed by atoms with Crippen LogP contribution in [0, 0.1) is 0 Å². The molecule has 0 saturated carbocycles. The fourth-order valence-corrected chi connectivity index (χ4v) is 3.16. The largest absolute Gasteiger partial charge is 0.307 e. The van der Waals surface area contributed by atoms with Crippen LogP contribution in [0.2, 0.25) is 0 Å². The summed E-state index contributed by atoms with van der Waals surface area (Å²) in [5, 5.41) is 1.96. The van der Waals surface area contributed by atoms with Crippen LogP contribution in [-0.4, -0.2) is 17.4 Å². The highest BCUT2D eigenvalue weighted by Crippen LogP contribution is 2.29. The Morgan fingerprint density at radius 2 is 1.82 bits per heavy atom. The first-order chi connectivity index (χ1) is 10.8. The van der Waals surface area contributed by atoms with Gasteiger partial charge in [-0.15, -0.1) is 0 Å². The number of carbonyl (C=O) groups excluding carboxylic acids is 1. The summed E-state index contributed by atoms with van der Waals surface area (Å²) in [4.78, 5) is 19.3. The van der Waals surface area contributed by atoms with Gasteiger partial charge >= 0.3 is 0 Å². The first kappa shape index (κ1) is 13.0. The summed E-state index contributed by atoms with van der Waals surface area (Å²) < 4.78 is 0. The summed E-state index contributed by atoms with van der Waals surface area (Å²) in [5.41, 5.74) is 2.80. The first-order valence-corrected chi connectivity index (χ1v) is 7.58. The lowest BCUT2D eigenvalue weighted by Gasteiger charge is -2.29. The SMILES string of the molecule is O=C(c1nccc2ccccc12)N1CCCc2ccccc21. The summed E-state index contributed by atoms with van der Waals surface area (Å²) in [5.74, 6) is -0.0102. The summed E-state index contributed by atoms with van der Waals surface area (Å²) in [6.45, 7) is 0.751. The number of benzene rings is 2. The number of pyridine rings is 1. The van der Waals surface area contributed by atoms with E-state index in [-0.39, 0.29) is 5.91 Å². The average Bonchev–Trinajstić information content (AvgIpc) is 2.60. The van der Waals surface area contributed by atoms with Gasteiger partial charge in [0.1, 0.15) is 5.69 Å². The zero-order valence-electron chi connectivity index (χ0n) is 12.2. The standard InChI is InChI=1S/C19H16N2O/c22-19(18-16-9-3-1-6-14(16)11-12-20-18)21-13-5-8-15-7-2-4-10-17(15)21/h1-4,6-7,9-12H,5,8,13H2. The number of amides is 1. The highest BCUT2D eigenvalue weighted by atomic mass is 16.2. The Kier molecular flexibility index (Phi) is 3.11. The van der Waals surface area contributed by atoms with Crippen LogP contribution in [-0.2, 0) is 6.42 Å². The first-order valence-electron chi connectivity index (χ1n) is 7.58. The number of anilines is 1. The second-order valence-corrected chi connectivity index (χ2v) is 5.57. The number of para-hydroxylation sites is 1. The van der Waals surface area contributed by atoms with Crippen molar-refractivity contribution in [2.24, 2.45) is 0 Å². The van der Waals surface area contributed by atoms with Gasteiger partial charge in [-0.1, -0.05) is 42.5 Å². The van der Waals surface area contributed by atoms with E-state index in [9.17, 15) is 4.79 Å². The van der Waals surface area contributed by atoms with Crippen molar-refractivity contribution >= 4 is 22.4 Å². The predicted octanol–water partition coefficient (Wildman–Crippen LogP) is 3.83. The number of hydrogen-bond acceptors (Lipinski definition) is 2. The molecule has 0 atom stereocenters. The maximum Gasteiger partial charge on any atom is 0.277 e. The smallest absolute Gasteiger partial charge is 0.277 e. The number of aromatic nitrogens is 1. The van der Waals surface area contributed by atoms with E-state index < -0.39 is 0 Å². The Labute approximate surface area is 129 Å². The zero-order valence-corrected chi connectivity index (χ0v) is 12.2. The van der Waals surface area contributed by atoms with Crippen molar-refractivity contribution in [2.75, 3.05) is 11.4 Å². The summed E-state index contributed by atoms with van der Waals surface area (Å²) in [6, 6.07) is 18.0. The second kappa shape index (κ2) is 5.26. The van der Waals surface area contributed by atoms with Crippen LogP contribution in [0.4, 0.5) is 5.69 Å². The molecule has 0 bridgehead atoms. The molecule has 0 radical (unpaired) electrons. The number of fused-ring (bicyclic) bond motifs is 2. The molecule has 1 aliphatic heterocycles. The van der Waals surface area contributed by atoms with E-state index in [1.807, 2.05) is 53.4 Å². The Morgan fingerprint density at radius 1 is 1.00 bits per heavy atom. The normalized spacial score (nSPS) is 13.9. The van der Waals surface area contributed by atoms with Crippen molar-refractivity contribution in [1.82, 2.24) is 4.98 Å². The van der Waals surface area contributed by atoms with Gasteiger partial charge in [-0.05, 0) is 35.9 Å². The van der Waals surface area contributed by atoms with Gasteiger partial charge in [-0.3, -0.25) is 9.78 Å². The molecule has 4 rings (SSSR count). The molecule has 1 aromatic heterocycles. The van der Waals surface area contributed by atoms with Crippen molar-refractivity contribution in [1.29, 1.82) is 0 Å². The molecule has 0 N–H and O–H groups in total. The zero-order chi connectivity index (χ0) is 14.9. The third-order valence-electron chi connectivity index (χ3n) is 4.23. The molecule has 0 spiro atoms. The molecular formula is C19H16N2O. The van der Waals surface area contributed by atoms with E-state index in [0.717, 1.165) is 35.8 Å². The van der Waals surface area contributed by atoms with Crippen LogP contribution >= 0.6 is 0 Å². The molecule has 0 fully saturated rings. The van der Waals surface area contributed by atoms with E-state index in [2.05, 4.69) is 11.1 Å². The summed E-state index contributed by atoms with van der Waals surface area (Å²) >= 11 is 0. The van der Waals surface area contributed by atoms with Crippen LogP contribution in [0.15, 0.2) is 60.8 Å². The minimum absolute atomic E-state index is 0.0102. The molecule has 0 unspecified atom stereocenters. The lowest BCUT2D eigenvalue weighted by Crippen LogP contribution is -2.36. The molecular weight excluding hydrogens is 272 g/mol. The van der Waals surface area contributed by atoms with Gasteiger partial charge in [-0.2, -0.15) is 0 Å². The number of hydrogen-bond donors (Lipinski definition) is 0. The number of aryl methyl sites for hydroxylation is 1. The average molecular weight is 288 g/mol. The van der Waals surface area contributed by atoms with Crippen molar-refractivity contribution in [3.63, 3.8) is 0 Å². The molecule has 0 aliphatic carbocycles. The van der Waals surface area contributed by atoms with Gasteiger partial charge in [-0.25, -0.2) is 0 Å². The Hall–Kier alpha value is -2.68. The van der Waals surface area contributed by atoms with Crippen LogP contribution in [0.3, 0.4) is 0 Å². The summed E-state index contributed by atoms with van der Waals surface area (Å²) in [7, 11) is 0. The minimum Gasteiger partial charge on any atom is -0.307 e. The molecule has 2 aromatic carbocycles. The fraction of sp³-hybridized carbons (Fsp3) is 0.158. The highest BCUT2D eigenvalue weighted by molar-refractivity contribution is 6.12. The van der Waals surface area contributed by atoms with Crippen LogP contribution in [0.5, 0.6) is 0 Å². The maximum absolute atomic E-state index is 13.0. The number of rotatable bonds is 1. The molecule has 3 aromatic rings. The lowest BCUT2D eigenvalue weighted by atomic mass is 10.0. The van der Waals surface area contributed by atoms with Gasteiger partial charge < -0.3 is 4.90 Å². The van der Waals surface area contributed by atoms with E-state index in [4.69, 9.17) is 0 Å². The highest BCUT2D eigenvalue weighted by Gasteiger charge is 2.25. The molecule has 3 heteroatoms. The molecule has 22 heavy (non-hydrogen) atoms. The topological polar surface area (TPSA) is 33.2 Å². The van der Waals surface area contributed by atoms with Gasteiger partial charge in [0.05, 0.1) is 0 Å². The summed E-state index contributed by atoms with van der Waals surface area (Å²) in [6.07, 6.45) is 3.74. The molecule has 1 aliphatic rings. The quantitative estimate of drug-likeness (QED) is 0.682. The monoisotopic (exact) mass is 288 g/mol. The van der Waals surface area contributed by atoms with E-state index in [1.54, 1.807) is 6.20 Å². The number of nitrogens with zero attached hydrogens (tertiary/aromatic N) is 2. The van der Waals surface area contributed by atoms with E-state index >= 15 is 0 Å². The lowest BCUT2D eigenvalue weighted by molar-refractivity contribution is 0.0982. The number of carbonyl (C=O) groups is 1. The molecule has 108 valence electrons. The second-order valence-electron chi connectivity index (χ2n) is 5.57. The van der Waals surface area contributed by atoms with Gasteiger partial charge in [0.2, 0.25) is 0 Å². The van der Waals surface area contributed by atoms with Gasteiger partial charge in [0, 0.05) is 23.8 Å².